The Balaban J connectivity index is 2.30. The molecule has 0 aromatic rings. The van der Waals surface area contributed by atoms with Gasteiger partial charge in [-0.25, -0.2) is 0 Å². The minimum Gasteiger partial charge on any atom is -0.354 e. The van der Waals surface area contributed by atoms with Crippen LogP contribution < -0.4 is 0 Å². The van der Waals surface area contributed by atoms with Gasteiger partial charge in [-0.3, -0.25) is 0 Å². The molecule has 54 valence electrons. The minimum atomic E-state index is -0.180. The molecule has 1 aliphatic rings. The molecular formula is C6H11ClO2. The number of hydrogen-bond donors (Lipinski definition) is 0. The minimum absolute atomic E-state index is 0.0451. The third-order valence-electron chi connectivity index (χ3n) is 1.43. The van der Waals surface area contributed by atoms with Gasteiger partial charge in [-0.05, 0) is 12.8 Å². The lowest BCUT2D eigenvalue weighted by atomic mass is 10.2. The predicted molar refractivity (Wildman–Crippen MR) is 35.6 cm³/mol. The van der Waals surface area contributed by atoms with E-state index in [1.165, 1.54) is 0 Å². The molecule has 0 unspecified atom stereocenters. The van der Waals surface area contributed by atoms with Gasteiger partial charge in [0.05, 0.1) is 5.38 Å². The Labute approximate surface area is 60.1 Å². The van der Waals surface area contributed by atoms with E-state index >= 15 is 0 Å². The monoisotopic (exact) mass is 150 g/mol. The molecule has 1 saturated heterocycles. The van der Waals surface area contributed by atoms with Gasteiger partial charge in [0.2, 0.25) is 0 Å². The first-order valence-corrected chi connectivity index (χ1v) is 3.56. The van der Waals surface area contributed by atoms with E-state index in [1.807, 2.05) is 0 Å². The van der Waals surface area contributed by atoms with Crippen LogP contribution in [0.4, 0.5) is 0 Å². The zero-order valence-electron chi connectivity index (χ0n) is 5.47. The van der Waals surface area contributed by atoms with Crippen LogP contribution in [-0.2, 0) is 9.47 Å². The number of halogens is 1. The molecule has 2 nitrogen and oxygen atoms in total. The lowest BCUT2D eigenvalue weighted by molar-refractivity contribution is -0.142. The Morgan fingerprint density at radius 3 is 2.89 bits per heavy atom. The third kappa shape index (κ3) is 1.81. The first-order valence-electron chi connectivity index (χ1n) is 3.13. The second-order valence-electron chi connectivity index (χ2n) is 2.13. The molecular weight excluding hydrogens is 140 g/mol. The normalized spacial score (nSPS) is 36.7. The van der Waals surface area contributed by atoms with Crippen molar-refractivity contribution in [3.8, 4) is 0 Å². The van der Waals surface area contributed by atoms with Gasteiger partial charge in [0.15, 0.2) is 6.29 Å². The average Bonchev–Trinajstić information content (AvgIpc) is 1.89. The number of ether oxygens (including phenoxy) is 2. The number of rotatable bonds is 1. The van der Waals surface area contributed by atoms with Crippen molar-refractivity contribution >= 4 is 11.6 Å². The first kappa shape index (κ1) is 7.32. The second kappa shape index (κ2) is 3.40. The summed E-state index contributed by atoms with van der Waals surface area (Å²) >= 11 is 5.83. The lowest BCUT2D eigenvalue weighted by Gasteiger charge is -2.25. The lowest BCUT2D eigenvalue weighted by Crippen LogP contribution is -2.31. The van der Waals surface area contributed by atoms with Gasteiger partial charge in [-0.1, -0.05) is 0 Å². The molecule has 0 radical (unpaired) electrons. The van der Waals surface area contributed by atoms with Crippen molar-refractivity contribution < 1.29 is 9.47 Å². The molecule has 0 N–H and O–H groups in total. The van der Waals surface area contributed by atoms with E-state index in [1.54, 1.807) is 7.11 Å². The molecule has 1 fully saturated rings. The van der Waals surface area contributed by atoms with Crippen LogP contribution in [0.15, 0.2) is 0 Å². The van der Waals surface area contributed by atoms with Crippen LogP contribution in [0.3, 0.4) is 0 Å². The molecule has 0 spiro atoms. The fraction of sp³-hybridized carbons (Fsp3) is 1.00. The van der Waals surface area contributed by atoms with E-state index < -0.39 is 0 Å². The topological polar surface area (TPSA) is 18.5 Å². The highest BCUT2D eigenvalue weighted by molar-refractivity contribution is 6.20. The molecule has 1 aliphatic heterocycles. The summed E-state index contributed by atoms with van der Waals surface area (Å²) in [5, 5.41) is 0.0451. The molecule has 0 amide bonds. The van der Waals surface area contributed by atoms with Gasteiger partial charge in [0.1, 0.15) is 0 Å². The Morgan fingerprint density at radius 2 is 2.44 bits per heavy atom. The average molecular weight is 151 g/mol. The van der Waals surface area contributed by atoms with E-state index in [-0.39, 0.29) is 11.7 Å². The van der Waals surface area contributed by atoms with Crippen LogP contribution in [0.25, 0.3) is 0 Å². The molecule has 0 bridgehead atoms. The van der Waals surface area contributed by atoms with Crippen molar-refractivity contribution in [2.24, 2.45) is 0 Å². The molecule has 2 atom stereocenters. The maximum Gasteiger partial charge on any atom is 0.173 e. The predicted octanol–water partition coefficient (Wildman–Crippen LogP) is 1.38. The van der Waals surface area contributed by atoms with Crippen LogP contribution in [0.5, 0.6) is 0 Å². The van der Waals surface area contributed by atoms with Gasteiger partial charge in [-0.15, -0.1) is 11.6 Å². The largest absolute Gasteiger partial charge is 0.354 e. The molecule has 9 heavy (non-hydrogen) atoms. The number of hydrogen-bond acceptors (Lipinski definition) is 2. The highest BCUT2D eigenvalue weighted by atomic mass is 35.5. The van der Waals surface area contributed by atoms with Gasteiger partial charge >= 0.3 is 0 Å². The molecule has 0 saturated carbocycles. The smallest absolute Gasteiger partial charge is 0.173 e. The van der Waals surface area contributed by atoms with Crippen LogP contribution in [0, 0.1) is 0 Å². The Kier molecular flexibility index (Phi) is 2.76. The summed E-state index contributed by atoms with van der Waals surface area (Å²) in [5.74, 6) is 0. The second-order valence-corrected chi connectivity index (χ2v) is 2.69. The summed E-state index contributed by atoms with van der Waals surface area (Å²) in [5.41, 5.74) is 0. The highest BCUT2D eigenvalue weighted by Gasteiger charge is 2.22. The summed E-state index contributed by atoms with van der Waals surface area (Å²) in [6, 6.07) is 0. The van der Waals surface area contributed by atoms with Crippen molar-refractivity contribution in [3.05, 3.63) is 0 Å². The number of alkyl halides is 1. The van der Waals surface area contributed by atoms with Crippen molar-refractivity contribution in [1.82, 2.24) is 0 Å². The molecule has 1 heterocycles. The summed E-state index contributed by atoms with van der Waals surface area (Å²) < 4.78 is 10.1. The van der Waals surface area contributed by atoms with Crippen LogP contribution in [0.1, 0.15) is 12.8 Å². The standard InChI is InChI=1S/C6H11ClO2/c1-8-6-5(7)3-2-4-9-6/h5-6H,2-4H2,1H3/t5-,6-/m0/s1. The first-order chi connectivity index (χ1) is 4.34. The van der Waals surface area contributed by atoms with Crippen molar-refractivity contribution in [2.45, 2.75) is 24.5 Å². The molecule has 3 heteroatoms. The fourth-order valence-electron chi connectivity index (χ4n) is 0.934. The van der Waals surface area contributed by atoms with Crippen LogP contribution in [0.2, 0.25) is 0 Å². The zero-order valence-corrected chi connectivity index (χ0v) is 6.23. The van der Waals surface area contributed by atoms with E-state index in [0.717, 1.165) is 19.4 Å². The molecule has 0 aromatic carbocycles. The van der Waals surface area contributed by atoms with E-state index in [4.69, 9.17) is 21.1 Å². The van der Waals surface area contributed by atoms with E-state index in [9.17, 15) is 0 Å². The number of methoxy groups -OCH3 is 1. The Hall–Kier alpha value is 0.210. The molecule has 1 rings (SSSR count). The SMILES string of the molecule is CO[C@H]1OCCC[C@@H]1Cl. The summed E-state index contributed by atoms with van der Waals surface area (Å²) in [6.07, 6.45) is 1.87. The summed E-state index contributed by atoms with van der Waals surface area (Å²) in [7, 11) is 1.62. The summed E-state index contributed by atoms with van der Waals surface area (Å²) in [6.45, 7) is 0.779. The summed E-state index contributed by atoms with van der Waals surface area (Å²) in [4.78, 5) is 0. The molecule has 0 aromatic heterocycles. The fourth-order valence-corrected chi connectivity index (χ4v) is 1.26. The van der Waals surface area contributed by atoms with Gasteiger partial charge in [-0.2, -0.15) is 0 Å². The van der Waals surface area contributed by atoms with Gasteiger partial charge < -0.3 is 9.47 Å². The highest BCUT2D eigenvalue weighted by Crippen LogP contribution is 2.19. The van der Waals surface area contributed by atoms with Gasteiger partial charge in [0.25, 0.3) is 0 Å². The zero-order chi connectivity index (χ0) is 6.69. The van der Waals surface area contributed by atoms with Crippen molar-refractivity contribution in [1.29, 1.82) is 0 Å². The quantitative estimate of drug-likeness (QED) is 0.526. The maximum absolute atomic E-state index is 5.83. The third-order valence-corrected chi connectivity index (χ3v) is 1.86. The van der Waals surface area contributed by atoms with Crippen molar-refractivity contribution in [2.75, 3.05) is 13.7 Å². The van der Waals surface area contributed by atoms with Crippen LogP contribution in [-0.4, -0.2) is 25.4 Å². The van der Waals surface area contributed by atoms with E-state index in [2.05, 4.69) is 0 Å². The molecule has 0 aliphatic carbocycles. The Bertz CT molecular complexity index is 87.1. The van der Waals surface area contributed by atoms with Crippen LogP contribution >= 0.6 is 11.6 Å². The maximum atomic E-state index is 5.83. The van der Waals surface area contributed by atoms with Gasteiger partial charge in [0, 0.05) is 13.7 Å². The van der Waals surface area contributed by atoms with Crippen molar-refractivity contribution in [3.63, 3.8) is 0 Å². The Morgan fingerprint density at radius 1 is 1.67 bits per heavy atom. The van der Waals surface area contributed by atoms with E-state index in [0.29, 0.717) is 0 Å².